The van der Waals surface area contributed by atoms with Crippen LogP contribution in [0, 0.1) is 0 Å². The van der Waals surface area contributed by atoms with Gasteiger partial charge in [-0.3, -0.25) is 9.59 Å². The summed E-state index contributed by atoms with van der Waals surface area (Å²) >= 11 is 0. The monoisotopic (exact) mass is 588 g/mol. The zero-order valence-corrected chi connectivity index (χ0v) is 25.1. The third-order valence-electron chi connectivity index (χ3n) is 7.64. The topological polar surface area (TPSA) is 97.3 Å². The Bertz CT molecular complexity index is 1240. The quantitative estimate of drug-likeness (QED) is 0.147. The maximum Gasteiger partial charge on any atom is 0.220 e. The number of rotatable bonds is 18. The first-order valence-electron chi connectivity index (χ1n) is 15.3. The molecule has 0 spiro atoms. The molecule has 1 aliphatic rings. The number of nitrogens with one attached hydrogen (secondary N) is 1. The Morgan fingerprint density at radius 1 is 0.791 bits per heavy atom. The number of amides is 1. The summed E-state index contributed by atoms with van der Waals surface area (Å²) in [6.45, 7) is 3.61. The van der Waals surface area contributed by atoms with Crippen molar-refractivity contribution in [3.8, 4) is 17.2 Å². The molecule has 8 nitrogen and oxygen atoms in total. The largest absolute Gasteiger partial charge is 0.497 e. The van der Waals surface area contributed by atoms with E-state index in [0.29, 0.717) is 56.8 Å². The molecule has 4 rings (SSSR count). The van der Waals surface area contributed by atoms with Crippen LogP contribution in [0.1, 0.15) is 67.0 Å². The van der Waals surface area contributed by atoms with Gasteiger partial charge in [0.2, 0.25) is 5.91 Å². The Kier molecular flexibility index (Phi) is 12.9. The first-order chi connectivity index (χ1) is 21.0. The highest BCUT2D eigenvalue weighted by Gasteiger charge is 2.26. The molecule has 0 radical (unpaired) electrons. The molecule has 0 aromatic heterocycles. The molecule has 1 amide bonds. The van der Waals surface area contributed by atoms with E-state index in [9.17, 15) is 14.7 Å². The number of ether oxygens (including phenoxy) is 3. The molecule has 3 aromatic carbocycles. The van der Waals surface area contributed by atoms with E-state index in [1.165, 1.54) is 0 Å². The summed E-state index contributed by atoms with van der Waals surface area (Å²) in [4.78, 5) is 27.7. The molecule has 2 N–H and O–H groups in total. The average Bonchev–Trinajstić information content (AvgIpc) is 3.56. The number of likely N-dealkylation sites (tertiary alicyclic amines) is 1. The van der Waals surface area contributed by atoms with Crippen LogP contribution in [0.5, 0.6) is 17.2 Å². The van der Waals surface area contributed by atoms with Gasteiger partial charge in [-0.2, -0.15) is 0 Å². The SMILES string of the molecule is COc1ccc(C(=O)CCCCC(=O)NC(CN2CCCC2)[C@H](O)c2ccc(OCCCOc3ccccc3)cc2)cc1. The lowest BCUT2D eigenvalue weighted by Crippen LogP contribution is -2.46. The van der Waals surface area contributed by atoms with E-state index >= 15 is 0 Å². The number of unbranched alkanes of at least 4 members (excludes halogenated alkanes) is 1. The summed E-state index contributed by atoms with van der Waals surface area (Å²) in [5, 5.41) is 14.4. The van der Waals surface area contributed by atoms with Crippen molar-refractivity contribution < 1.29 is 28.9 Å². The predicted molar refractivity (Wildman–Crippen MR) is 167 cm³/mol. The number of aliphatic hydroxyl groups excluding tert-OH is 1. The number of para-hydroxylation sites is 1. The number of benzene rings is 3. The van der Waals surface area contributed by atoms with Crippen molar-refractivity contribution in [2.75, 3.05) is 40.0 Å². The highest BCUT2D eigenvalue weighted by molar-refractivity contribution is 5.96. The van der Waals surface area contributed by atoms with Gasteiger partial charge >= 0.3 is 0 Å². The van der Waals surface area contributed by atoms with Gasteiger partial charge in [-0.15, -0.1) is 0 Å². The number of carbonyl (C=O) groups is 2. The second-order valence-corrected chi connectivity index (χ2v) is 10.9. The fraction of sp³-hybridized carbons (Fsp3) is 0.429. The second kappa shape index (κ2) is 17.3. The molecular weight excluding hydrogens is 544 g/mol. The minimum absolute atomic E-state index is 0.0540. The van der Waals surface area contributed by atoms with Gasteiger partial charge in [0, 0.05) is 31.4 Å². The normalized spacial score (nSPS) is 14.6. The van der Waals surface area contributed by atoms with Crippen molar-refractivity contribution in [2.24, 2.45) is 0 Å². The zero-order chi connectivity index (χ0) is 30.3. The standard InChI is InChI=1S/C35H44N2O6/c1-41-29-18-14-27(15-19-29)33(38)12-5-6-13-34(39)36-32(26-37-22-7-8-23-37)35(40)28-16-20-31(21-17-28)43-25-9-24-42-30-10-3-2-4-11-30/h2-4,10-11,14-21,32,35,40H,5-9,12-13,22-26H2,1H3,(H,36,39)/t32?,35-/m1/s1. The van der Waals surface area contributed by atoms with E-state index in [0.717, 1.165) is 49.4 Å². The van der Waals surface area contributed by atoms with Crippen molar-refractivity contribution in [1.29, 1.82) is 0 Å². The van der Waals surface area contributed by atoms with E-state index in [4.69, 9.17) is 14.2 Å². The number of methoxy groups -OCH3 is 1. The molecule has 1 saturated heterocycles. The third kappa shape index (κ3) is 10.7. The Morgan fingerprint density at radius 2 is 1.40 bits per heavy atom. The molecule has 0 saturated carbocycles. The van der Waals surface area contributed by atoms with Gasteiger partial charge in [-0.05, 0) is 92.9 Å². The van der Waals surface area contributed by atoms with Gasteiger partial charge < -0.3 is 29.5 Å². The molecule has 0 aliphatic carbocycles. The molecular formula is C35H44N2O6. The summed E-state index contributed by atoms with van der Waals surface area (Å²) in [5.41, 5.74) is 1.38. The van der Waals surface area contributed by atoms with E-state index in [2.05, 4.69) is 10.2 Å². The molecule has 3 aromatic rings. The van der Waals surface area contributed by atoms with Crippen LogP contribution < -0.4 is 19.5 Å². The summed E-state index contributed by atoms with van der Waals surface area (Å²) in [5.74, 6) is 2.22. The van der Waals surface area contributed by atoms with Gasteiger partial charge in [-0.25, -0.2) is 0 Å². The Labute approximate surface area is 255 Å². The predicted octanol–water partition coefficient (Wildman–Crippen LogP) is 5.60. The summed E-state index contributed by atoms with van der Waals surface area (Å²) in [6, 6.07) is 23.8. The molecule has 230 valence electrons. The summed E-state index contributed by atoms with van der Waals surface area (Å²) in [6.07, 6.45) is 4.06. The van der Waals surface area contributed by atoms with E-state index in [-0.39, 0.29) is 11.7 Å². The van der Waals surface area contributed by atoms with Crippen LogP contribution in [0.4, 0.5) is 0 Å². The maximum atomic E-state index is 12.9. The third-order valence-corrected chi connectivity index (χ3v) is 7.64. The number of hydrogen-bond donors (Lipinski definition) is 2. The Morgan fingerprint density at radius 3 is 2.05 bits per heavy atom. The van der Waals surface area contributed by atoms with Crippen molar-refractivity contribution in [1.82, 2.24) is 10.2 Å². The number of hydrogen-bond acceptors (Lipinski definition) is 7. The van der Waals surface area contributed by atoms with Crippen LogP contribution >= 0.6 is 0 Å². The highest BCUT2D eigenvalue weighted by Crippen LogP contribution is 2.23. The van der Waals surface area contributed by atoms with Crippen molar-refractivity contribution in [3.05, 3.63) is 90.0 Å². The van der Waals surface area contributed by atoms with Crippen LogP contribution in [0.25, 0.3) is 0 Å². The Balaban J connectivity index is 1.22. The second-order valence-electron chi connectivity index (χ2n) is 10.9. The number of Topliss-reactive ketones (excluding diaryl/α,β-unsaturated/α-hetero) is 1. The fourth-order valence-corrected chi connectivity index (χ4v) is 5.19. The van der Waals surface area contributed by atoms with Crippen LogP contribution in [-0.4, -0.2) is 67.7 Å². The zero-order valence-electron chi connectivity index (χ0n) is 25.1. The van der Waals surface area contributed by atoms with Gasteiger partial charge in [0.05, 0.1) is 26.4 Å². The molecule has 1 unspecified atom stereocenters. The van der Waals surface area contributed by atoms with Crippen LogP contribution in [0.3, 0.4) is 0 Å². The van der Waals surface area contributed by atoms with Crippen LogP contribution in [0.15, 0.2) is 78.9 Å². The Hall–Kier alpha value is -3.88. The molecule has 43 heavy (non-hydrogen) atoms. The molecule has 8 heteroatoms. The smallest absolute Gasteiger partial charge is 0.220 e. The maximum absolute atomic E-state index is 12.9. The number of carbonyl (C=O) groups excluding carboxylic acids is 2. The lowest BCUT2D eigenvalue weighted by molar-refractivity contribution is -0.123. The van der Waals surface area contributed by atoms with E-state index < -0.39 is 12.1 Å². The van der Waals surface area contributed by atoms with Gasteiger partial charge in [0.25, 0.3) is 0 Å². The lowest BCUT2D eigenvalue weighted by Gasteiger charge is -2.29. The molecule has 1 fully saturated rings. The molecule has 2 atom stereocenters. The van der Waals surface area contributed by atoms with E-state index in [1.807, 2.05) is 54.6 Å². The minimum Gasteiger partial charge on any atom is -0.497 e. The first-order valence-corrected chi connectivity index (χ1v) is 15.3. The number of nitrogens with zero attached hydrogens (tertiary/aromatic N) is 1. The first kappa shape index (κ1) is 32.0. The average molecular weight is 589 g/mol. The van der Waals surface area contributed by atoms with E-state index in [1.54, 1.807) is 31.4 Å². The summed E-state index contributed by atoms with van der Waals surface area (Å²) < 4.78 is 16.7. The van der Waals surface area contributed by atoms with Crippen molar-refractivity contribution in [3.63, 3.8) is 0 Å². The van der Waals surface area contributed by atoms with Crippen LogP contribution in [-0.2, 0) is 4.79 Å². The molecule has 0 bridgehead atoms. The van der Waals surface area contributed by atoms with Crippen molar-refractivity contribution >= 4 is 11.7 Å². The molecule has 1 heterocycles. The fourth-order valence-electron chi connectivity index (χ4n) is 5.19. The van der Waals surface area contributed by atoms with Gasteiger partial charge in [-0.1, -0.05) is 30.3 Å². The minimum atomic E-state index is -0.852. The lowest BCUT2D eigenvalue weighted by atomic mass is 10.0. The van der Waals surface area contributed by atoms with Crippen LogP contribution in [0.2, 0.25) is 0 Å². The highest BCUT2D eigenvalue weighted by atomic mass is 16.5. The van der Waals surface area contributed by atoms with Crippen molar-refractivity contribution in [2.45, 2.75) is 57.1 Å². The van der Waals surface area contributed by atoms with Gasteiger partial charge in [0.1, 0.15) is 23.4 Å². The van der Waals surface area contributed by atoms with Gasteiger partial charge in [0.15, 0.2) is 5.78 Å². The number of aliphatic hydroxyl groups is 1. The number of ketones is 1. The molecule has 1 aliphatic heterocycles. The summed E-state index contributed by atoms with van der Waals surface area (Å²) in [7, 11) is 1.59.